The van der Waals surface area contributed by atoms with Crippen molar-refractivity contribution in [3.05, 3.63) is 24.6 Å². The van der Waals surface area contributed by atoms with Crippen LogP contribution in [0.4, 0.5) is 0 Å². The second-order valence-corrected chi connectivity index (χ2v) is 42.8. The maximum absolute atomic E-state index is 6.86. The lowest BCUT2D eigenvalue weighted by Crippen LogP contribution is -2.53. The fourth-order valence-corrected chi connectivity index (χ4v) is 38.8. The highest BCUT2D eigenvalue weighted by Gasteiger charge is 2.42. The monoisotopic (exact) mass is 580 g/mol. The first-order chi connectivity index (χ1) is 14.4. The Hall–Kier alpha value is 0.838. The third-order valence-corrected chi connectivity index (χ3v) is 31.5. The summed E-state index contributed by atoms with van der Waals surface area (Å²) < 4.78 is 26.9. The predicted octanol–water partition coefficient (Wildman–Crippen LogP) is 8.44. The summed E-state index contributed by atoms with van der Waals surface area (Å²) in [6.07, 6.45) is 0. The molecule has 0 bridgehead atoms. The average molecular weight is 581 g/mol. The fourth-order valence-electron chi connectivity index (χ4n) is 4.27. The molecule has 196 valence electrons. The maximum atomic E-state index is 6.86. The Kier molecular flexibility index (Phi) is 12.2. The lowest BCUT2D eigenvalue weighted by atomic mass is 10.9. The van der Waals surface area contributed by atoms with E-state index in [-0.39, 0.29) is 0 Å². The van der Waals surface area contributed by atoms with Crippen molar-refractivity contribution in [2.45, 2.75) is 116 Å². The molecule has 0 unspecified atom stereocenters. The van der Waals surface area contributed by atoms with Gasteiger partial charge in [0.2, 0.25) is 0 Å². The molecule has 0 spiro atoms. The average Bonchev–Trinajstić information content (AvgIpc) is 2.55. The molecular formula is C22H56O4Si7. The topological polar surface area (TPSA) is 36.9 Å². The summed E-state index contributed by atoms with van der Waals surface area (Å²) in [5.74, 6) is 0. The van der Waals surface area contributed by atoms with Crippen molar-refractivity contribution in [1.82, 2.24) is 0 Å². The van der Waals surface area contributed by atoms with Crippen LogP contribution in [0, 0.1) is 0 Å². The zero-order valence-electron chi connectivity index (χ0n) is 24.5. The van der Waals surface area contributed by atoms with Gasteiger partial charge in [-0.1, -0.05) is 11.4 Å². The lowest BCUT2D eigenvalue weighted by Gasteiger charge is -2.41. The SMILES string of the molecule is C=C[Si](C)(C)O[Si](C)(C)CC[Si](C)(C)O[Si](C)(C)O[Si](C)(C)CC[Si](C)(C)O[Si](C)(C)C=C. The molecule has 4 nitrogen and oxygen atoms in total. The van der Waals surface area contributed by atoms with Crippen LogP contribution in [0.25, 0.3) is 0 Å². The van der Waals surface area contributed by atoms with Crippen molar-refractivity contribution in [1.29, 1.82) is 0 Å². The molecule has 0 aromatic carbocycles. The summed E-state index contributed by atoms with van der Waals surface area (Å²) in [6, 6.07) is 4.54. The summed E-state index contributed by atoms with van der Waals surface area (Å²) in [7, 11) is -12.9. The van der Waals surface area contributed by atoms with E-state index in [1.54, 1.807) is 0 Å². The zero-order valence-corrected chi connectivity index (χ0v) is 31.5. The smallest absolute Gasteiger partial charge is 0.311 e. The van der Waals surface area contributed by atoms with Crippen LogP contribution in [-0.4, -0.2) is 58.5 Å². The van der Waals surface area contributed by atoms with Gasteiger partial charge in [0.25, 0.3) is 0 Å². The van der Waals surface area contributed by atoms with Gasteiger partial charge in [-0.25, -0.2) is 0 Å². The summed E-state index contributed by atoms with van der Waals surface area (Å²) in [5, 5.41) is 0. The Balaban J connectivity index is 4.99. The van der Waals surface area contributed by atoms with Gasteiger partial charge in [0, 0.05) is 0 Å². The summed E-state index contributed by atoms with van der Waals surface area (Å²) in [4.78, 5) is 0. The summed E-state index contributed by atoms with van der Waals surface area (Å²) >= 11 is 0. The van der Waals surface area contributed by atoms with Crippen LogP contribution >= 0.6 is 0 Å². The van der Waals surface area contributed by atoms with E-state index in [0.717, 1.165) is 24.2 Å². The Labute approximate surface area is 214 Å². The third kappa shape index (κ3) is 15.5. The molecule has 0 saturated carbocycles. The highest BCUT2D eigenvalue weighted by molar-refractivity contribution is 6.91. The highest BCUT2D eigenvalue weighted by atomic mass is 28.5. The van der Waals surface area contributed by atoms with Crippen LogP contribution in [0.2, 0.25) is 116 Å². The van der Waals surface area contributed by atoms with Gasteiger partial charge in [-0.15, -0.1) is 13.2 Å². The molecule has 0 saturated heterocycles. The van der Waals surface area contributed by atoms with Crippen LogP contribution in [0.3, 0.4) is 0 Å². The molecule has 0 aromatic rings. The van der Waals surface area contributed by atoms with E-state index >= 15 is 0 Å². The predicted molar refractivity (Wildman–Crippen MR) is 166 cm³/mol. The first kappa shape index (κ1) is 33.8. The molecule has 11 heteroatoms. The molecule has 0 fully saturated rings. The van der Waals surface area contributed by atoms with E-state index in [1.165, 1.54) is 0 Å². The molecular weight excluding hydrogens is 525 g/mol. The first-order valence-electron chi connectivity index (χ1n) is 12.4. The van der Waals surface area contributed by atoms with Crippen molar-refractivity contribution in [2.75, 3.05) is 0 Å². The van der Waals surface area contributed by atoms with E-state index in [1.807, 2.05) is 11.4 Å². The second-order valence-electron chi connectivity index (χ2n) is 13.5. The van der Waals surface area contributed by atoms with E-state index in [4.69, 9.17) is 16.5 Å². The Bertz CT molecular complexity index is 605. The third-order valence-electron chi connectivity index (χ3n) is 5.76. The molecule has 0 aliphatic heterocycles. The van der Waals surface area contributed by atoms with Gasteiger partial charge in [0.05, 0.1) is 0 Å². The lowest BCUT2D eigenvalue weighted by molar-refractivity contribution is 0.388. The van der Waals surface area contributed by atoms with Crippen LogP contribution in [-0.2, 0) is 16.5 Å². The number of hydrogen-bond acceptors (Lipinski definition) is 4. The van der Waals surface area contributed by atoms with Crippen molar-refractivity contribution in [3.8, 4) is 0 Å². The van der Waals surface area contributed by atoms with E-state index in [9.17, 15) is 0 Å². The molecule has 33 heavy (non-hydrogen) atoms. The van der Waals surface area contributed by atoms with Crippen LogP contribution < -0.4 is 0 Å². The van der Waals surface area contributed by atoms with Gasteiger partial charge >= 0.3 is 8.56 Å². The van der Waals surface area contributed by atoms with E-state index in [2.05, 4.69) is 105 Å². The minimum atomic E-state index is -2.22. The molecule has 0 atom stereocenters. The van der Waals surface area contributed by atoms with E-state index in [0.29, 0.717) is 0 Å². The largest absolute Gasteiger partial charge is 0.453 e. The summed E-state index contributed by atoms with van der Waals surface area (Å²) in [6.45, 7) is 40.2. The molecule has 0 amide bonds. The summed E-state index contributed by atoms with van der Waals surface area (Å²) in [5.41, 5.74) is 4.10. The van der Waals surface area contributed by atoms with Crippen molar-refractivity contribution < 1.29 is 16.5 Å². The van der Waals surface area contributed by atoms with Crippen molar-refractivity contribution >= 4 is 58.5 Å². The second kappa shape index (κ2) is 11.9. The van der Waals surface area contributed by atoms with Crippen molar-refractivity contribution in [2.24, 2.45) is 0 Å². The molecule has 0 aliphatic carbocycles. The van der Waals surface area contributed by atoms with Crippen molar-refractivity contribution in [3.63, 3.8) is 0 Å². The highest BCUT2D eigenvalue weighted by Crippen LogP contribution is 2.31. The molecule has 0 aromatic heterocycles. The molecule has 0 radical (unpaired) electrons. The Morgan fingerprint density at radius 1 is 0.424 bits per heavy atom. The van der Waals surface area contributed by atoms with Gasteiger partial charge in [0.1, 0.15) is 0 Å². The van der Waals surface area contributed by atoms with Gasteiger partial charge in [-0.3, -0.25) is 0 Å². The normalized spacial score (nSPS) is 15.0. The van der Waals surface area contributed by atoms with E-state index < -0.39 is 58.5 Å². The Morgan fingerprint density at radius 2 is 0.636 bits per heavy atom. The zero-order chi connectivity index (χ0) is 26.6. The molecule has 0 aliphatic rings. The van der Waals surface area contributed by atoms with Gasteiger partial charge in [-0.05, 0) is 116 Å². The fraction of sp³-hybridized carbons (Fsp3) is 0.818. The first-order valence-corrected chi connectivity index (χ1v) is 33.7. The Morgan fingerprint density at radius 3 is 0.848 bits per heavy atom. The molecule has 0 rings (SSSR count). The standard InChI is InChI=1S/C22H56O4Si7/c1-17-27(3,4)23-29(7,8)19-21-31(11,12)25-33(15,16)26-32(13,14)22-20-30(9,10)24-28(5,6)18-2/h17-18H,1-2,19-22H2,3-16H3. The number of rotatable bonds is 16. The maximum Gasteiger partial charge on any atom is 0.311 e. The number of hydrogen-bond donors (Lipinski definition) is 0. The minimum Gasteiger partial charge on any atom is -0.453 e. The molecule has 0 heterocycles. The van der Waals surface area contributed by atoms with Gasteiger partial charge in [0.15, 0.2) is 49.9 Å². The van der Waals surface area contributed by atoms with Crippen LogP contribution in [0.15, 0.2) is 24.6 Å². The van der Waals surface area contributed by atoms with Gasteiger partial charge in [-0.2, -0.15) is 0 Å². The van der Waals surface area contributed by atoms with Crippen LogP contribution in [0.1, 0.15) is 0 Å². The van der Waals surface area contributed by atoms with Gasteiger partial charge < -0.3 is 16.5 Å². The molecule has 0 N–H and O–H groups in total. The quantitative estimate of drug-likeness (QED) is 0.172. The minimum absolute atomic E-state index is 1.13. The van der Waals surface area contributed by atoms with Crippen LogP contribution in [0.5, 0.6) is 0 Å².